The van der Waals surface area contributed by atoms with Gasteiger partial charge in [-0.05, 0) is 13.8 Å². The fourth-order valence-electron chi connectivity index (χ4n) is 3.01. The van der Waals surface area contributed by atoms with Crippen LogP contribution in [0.25, 0.3) is 11.2 Å². The number of hydrogen-bond acceptors (Lipinski definition) is 10. The second-order valence-corrected chi connectivity index (χ2v) is 8.57. The minimum atomic E-state index is -3.98. The fraction of sp³-hybridized carbons (Fsp3) is 0.615. The highest BCUT2D eigenvalue weighted by molar-refractivity contribution is 7.48. The Morgan fingerprint density at radius 2 is 2.22 bits per heavy atom. The summed E-state index contributed by atoms with van der Waals surface area (Å²) in [7, 11) is -3.98. The molecule has 5 atom stereocenters. The van der Waals surface area contributed by atoms with Crippen LogP contribution in [0, 0.1) is 0 Å². The number of rotatable bonds is 3. The molecule has 0 bridgehead atoms. The first kappa shape index (κ1) is 18.8. The molecule has 2 aromatic rings. The topological polar surface area (TPSA) is 150 Å². The SMILES string of the molecule is CC(C)OP1(=O)OCC2OC(n3cnc4c(N)nc(N)nc43)C(F)(Cl)C2O1. The molecule has 0 aliphatic carbocycles. The maximum atomic E-state index is 15.5. The molecule has 0 amide bonds. The summed E-state index contributed by atoms with van der Waals surface area (Å²) < 4.78 is 50.5. The molecule has 4 N–H and O–H groups in total. The summed E-state index contributed by atoms with van der Waals surface area (Å²) in [5.41, 5.74) is 11.7. The van der Waals surface area contributed by atoms with E-state index in [1.54, 1.807) is 13.8 Å². The molecule has 0 saturated carbocycles. The van der Waals surface area contributed by atoms with E-state index in [2.05, 4.69) is 15.0 Å². The third-order valence-corrected chi connectivity index (χ3v) is 6.08. The van der Waals surface area contributed by atoms with Gasteiger partial charge in [0.05, 0.1) is 19.0 Å². The van der Waals surface area contributed by atoms with Gasteiger partial charge in [0.2, 0.25) is 5.95 Å². The Bertz CT molecular complexity index is 941. The highest BCUT2D eigenvalue weighted by Gasteiger charge is 2.63. The fourth-order valence-corrected chi connectivity index (χ4v) is 5.00. The average molecular weight is 423 g/mol. The first-order valence-corrected chi connectivity index (χ1v) is 9.85. The van der Waals surface area contributed by atoms with Gasteiger partial charge in [-0.25, -0.2) is 13.9 Å². The number of halogens is 2. The van der Waals surface area contributed by atoms with Crippen molar-refractivity contribution in [3.8, 4) is 0 Å². The van der Waals surface area contributed by atoms with Crippen molar-refractivity contribution in [2.24, 2.45) is 0 Å². The van der Waals surface area contributed by atoms with Crippen LogP contribution in [0.3, 0.4) is 0 Å². The molecule has 2 aliphatic rings. The van der Waals surface area contributed by atoms with Crippen LogP contribution in [0.1, 0.15) is 20.1 Å². The van der Waals surface area contributed by atoms with Crippen molar-refractivity contribution >= 4 is 42.4 Å². The minimum absolute atomic E-state index is 0.0279. The summed E-state index contributed by atoms with van der Waals surface area (Å²) in [6.07, 6.45) is -2.96. The zero-order valence-corrected chi connectivity index (χ0v) is 15.9. The lowest BCUT2D eigenvalue weighted by Gasteiger charge is -2.33. The Labute approximate surface area is 157 Å². The van der Waals surface area contributed by atoms with Crippen molar-refractivity contribution in [3.63, 3.8) is 0 Å². The van der Waals surface area contributed by atoms with Crippen LogP contribution in [0.2, 0.25) is 0 Å². The molecule has 11 nitrogen and oxygen atoms in total. The lowest BCUT2D eigenvalue weighted by Crippen LogP contribution is -2.43. The van der Waals surface area contributed by atoms with Gasteiger partial charge in [-0.3, -0.25) is 18.1 Å². The molecule has 4 rings (SSSR count). The van der Waals surface area contributed by atoms with Gasteiger partial charge in [-0.15, -0.1) is 0 Å². The number of aromatic nitrogens is 4. The van der Waals surface area contributed by atoms with Gasteiger partial charge in [-0.1, -0.05) is 11.6 Å². The van der Waals surface area contributed by atoms with E-state index in [4.69, 9.17) is 41.4 Å². The third kappa shape index (κ3) is 3.06. The van der Waals surface area contributed by atoms with Gasteiger partial charge < -0.3 is 16.2 Å². The lowest BCUT2D eigenvalue weighted by atomic mass is 10.1. The van der Waals surface area contributed by atoms with E-state index in [9.17, 15) is 4.57 Å². The molecule has 0 spiro atoms. The molecule has 148 valence electrons. The van der Waals surface area contributed by atoms with Crippen molar-refractivity contribution in [1.29, 1.82) is 0 Å². The predicted molar refractivity (Wildman–Crippen MR) is 92.4 cm³/mol. The van der Waals surface area contributed by atoms with E-state index in [1.807, 2.05) is 0 Å². The predicted octanol–water partition coefficient (Wildman–Crippen LogP) is 1.74. The average Bonchev–Trinajstić information content (AvgIpc) is 3.05. The summed E-state index contributed by atoms with van der Waals surface area (Å²) in [6.45, 7) is 3.05. The normalized spacial score (nSPS) is 36.4. The molecule has 0 aromatic carbocycles. The quantitative estimate of drug-likeness (QED) is 0.553. The van der Waals surface area contributed by atoms with Crippen LogP contribution in [0.5, 0.6) is 0 Å². The number of alkyl halides is 2. The molecular weight excluding hydrogens is 406 g/mol. The molecule has 0 radical (unpaired) electrons. The first-order valence-electron chi connectivity index (χ1n) is 8.01. The maximum absolute atomic E-state index is 15.5. The largest absolute Gasteiger partial charge is 0.475 e. The zero-order valence-electron chi connectivity index (χ0n) is 14.3. The van der Waals surface area contributed by atoms with E-state index < -0.39 is 37.5 Å². The summed E-state index contributed by atoms with van der Waals surface area (Å²) in [5, 5.41) is -2.62. The molecular formula is C13H17ClFN6O5P. The molecule has 2 fully saturated rings. The lowest BCUT2D eigenvalue weighted by molar-refractivity contribution is -0.0733. The van der Waals surface area contributed by atoms with E-state index in [0.29, 0.717) is 0 Å². The van der Waals surface area contributed by atoms with E-state index >= 15 is 4.39 Å². The van der Waals surface area contributed by atoms with Crippen molar-refractivity contribution < 1.29 is 27.3 Å². The van der Waals surface area contributed by atoms with Crippen LogP contribution in [-0.4, -0.2) is 49.6 Å². The van der Waals surface area contributed by atoms with Crippen LogP contribution in [0.4, 0.5) is 16.2 Å². The maximum Gasteiger partial charge on any atom is 0.475 e. The summed E-state index contributed by atoms with van der Waals surface area (Å²) in [5.74, 6) is -0.0919. The van der Waals surface area contributed by atoms with Gasteiger partial charge in [0.25, 0.3) is 5.13 Å². The van der Waals surface area contributed by atoms with Gasteiger partial charge >= 0.3 is 7.82 Å². The number of hydrogen-bond donors (Lipinski definition) is 2. The number of phosphoric ester groups is 1. The van der Waals surface area contributed by atoms with Crippen LogP contribution < -0.4 is 11.5 Å². The number of nitrogen functional groups attached to an aromatic ring is 2. The summed E-state index contributed by atoms with van der Waals surface area (Å²) >= 11 is 6.14. The van der Waals surface area contributed by atoms with Gasteiger partial charge in [0, 0.05) is 0 Å². The first-order chi connectivity index (χ1) is 12.6. The monoisotopic (exact) mass is 422 g/mol. The van der Waals surface area contributed by atoms with E-state index in [1.165, 1.54) is 10.9 Å². The van der Waals surface area contributed by atoms with Crippen molar-refractivity contribution in [1.82, 2.24) is 19.5 Å². The van der Waals surface area contributed by atoms with Crippen molar-refractivity contribution in [2.75, 3.05) is 18.1 Å². The van der Waals surface area contributed by atoms with Gasteiger partial charge in [0.1, 0.15) is 11.6 Å². The van der Waals surface area contributed by atoms with Gasteiger partial charge in [0.15, 0.2) is 23.8 Å². The molecule has 5 unspecified atom stereocenters. The van der Waals surface area contributed by atoms with Crippen molar-refractivity contribution in [2.45, 2.75) is 43.5 Å². The minimum Gasteiger partial charge on any atom is -0.382 e. The molecule has 2 aliphatic heterocycles. The molecule has 2 aromatic heterocycles. The smallest absolute Gasteiger partial charge is 0.382 e. The summed E-state index contributed by atoms with van der Waals surface area (Å²) in [4.78, 5) is 11.9. The van der Waals surface area contributed by atoms with E-state index in [0.717, 1.165) is 0 Å². The number of nitrogens with two attached hydrogens (primary N) is 2. The summed E-state index contributed by atoms with van der Waals surface area (Å²) in [6, 6.07) is 0. The number of phosphoric acid groups is 1. The van der Waals surface area contributed by atoms with Crippen LogP contribution in [-0.2, 0) is 22.9 Å². The molecule has 4 heterocycles. The Balaban J connectivity index is 1.70. The van der Waals surface area contributed by atoms with Crippen LogP contribution >= 0.6 is 19.4 Å². The molecule has 2 saturated heterocycles. The van der Waals surface area contributed by atoms with E-state index in [-0.39, 0.29) is 29.5 Å². The standard InChI is InChI=1S/C13H17ClFN6O5P/c1-5(2)25-27(22)23-3-6-8(26-27)13(14,15)11(24-6)21-4-18-7-9(16)19-12(17)20-10(7)21/h4-6,8,11H,3H2,1-2H3,(H4,16,17,19,20). The number of nitrogens with zero attached hydrogens (tertiary/aromatic N) is 4. The second-order valence-electron chi connectivity index (χ2n) is 6.42. The highest BCUT2D eigenvalue weighted by Crippen LogP contribution is 2.61. The molecule has 27 heavy (non-hydrogen) atoms. The number of anilines is 2. The number of ether oxygens (including phenoxy) is 1. The Kier molecular flexibility index (Phi) is 4.33. The number of fused-ring (bicyclic) bond motifs is 2. The third-order valence-electron chi connectivity index (χ3n) is 4.05. The number of imidazole rings is 1. The Morgan fingerprint density at radius 3 is 2.93 bits per heavy atom. The van der Waals surface area contributed by atoms with Crippen molar-refractivity contribution in [3.05, 3.63) is 6.33 Å². The second kappa shape index (κ2) is 6.23. The van der Waals surface area contributed by atoms with Gasteiger partial charge in [-0.2, -0.15) is 9.97 Å². The Morgan fingerprint density at radius 1 is 1.48 bits per heavy atom. The van der Waals surface area contributed by atoms with Crippen LogP contribution in [0.15, 0.2) is 6.33 Å². The molecule has 14 heteroatoms. The zero-order chi connectivity index (χ0) is 19.6. The highest BCUT2D eigenvalue weighted by atomic mass is 35.5. The Hall–Kier alpha value is -1.56.